The molecule has 2 fully saturated rings. The predicted molar refractivity (Wildman–Crippen MR) is 275 cm³/mol. The zero-order chi connectivity index (χ0) is 54.1. The summed E-state index contributed by atoms with van der Waals surface area (Å²) in [4.78, 5) is 135. The van der Waals surface area contributed by atoms with Gasteiger partial charge in [-0.3, -0.25) is 58.1 Å². The van der Waals surface area contributed by atoms with E-state index in [4.69, 9.17) is 40.1 Å². The number of thioether (sulfide) groups is 1. The lowest BCUT2D eigenvalue weighted by molar-refractivity contribution is -0.142. The zero-order valence-corrected chi connectivity index (χ0v) is 42.9. The molecule has 72 heavy (non-hydrogen) atoms. The van der Waals surface area contributed by atoms with Crippen LogP contribution in [0.3, 0.4) is 0 Å². The van der Waals surface area contributed by atoms with E-state index in [-0.39, 0.29) is 101 Å². The molecule has 0 unspecified atom stereocenters. The lowest BCUT2D eigenvalue weighted by atomic mass is 10.1. The Morgan fingerprint density at radius 3 is 1.36 bits per heavy atom. The van der Waals surface area contributed by atoms with Crippen molar-refractivity contribution in [1.82, 2.24) is 41.7 Å². The number of carboxylic acids is 1. The number of rotatable bonds is 31. The van der Waals surface area contributed by atoms with Crippen LogP contribution in [0.2, 0.25) is 0 Å². The maximum Gasteiger partial charge on any atom is 0.325 e. The van der Waals surface area contributed by atoms with E-state index in [9.17, 15) is 48.3 Å². The SMILES string of the molecule is CSCC[C@H](N)C(=O)N1CCC[C@H]1C(=O)N[C@@H](CCCN=C(N)N)C(=O)N[C@@H](C)C(=O)N1CCC[C@H]1C(=O)N[C@@H](CCCN=C(N)N)C(=O)N[C@@H](CS)C(=O)N[C@@H](CCCN=C(N)N)C(=O)N[C@@H](C)C(=O)O. The van der Waals surface area contributed by atoms with E-state index >= 15 is 0 Å². The first-order chi connectivity index (χ1) is 34.0. The molecule has 2 heterocycles. The molecule has 0 radical (unpaired) electrons. The maximum absolute atomic E-state index is 14.0. The number of guanidine groups is 3. The Hall–Kier alpha value is -6.30. The average molecular weight is 1060 g/mol. The number of hydrogen-bond acceptors (Lipinski definition) is 15. The third kappa shape index (κ3) is 21.2. The molecule has 28 nitrogen and oxygen atoms in total. The highest BCUT2D eigenvalue weighted by Crippen LogP contribution is 2.21. The molecule has 406 valence electrons. The van der Waals surface area contributed by atoms with Gasteiger partial charge in [-0.1, -0.05) is 0 Å². The Balaban J connectivity index is 2.27. The smallest absolute Gasteiger partial charge is 0.325 e. The standard InChI is InChI=1S/C42H76N18O10S2/c1-22(53-31(61)26(10-5-16-51-41(46)47)56-36(66)30-13-8-19-60(30)38(68)24(43)14-20-72-3)37(67)59-18-7-12-29(59)35(65)57-27(11-6-17-52-42(48)49)33(63)58-28(21-71)34(64)55-25(9-4-15-50-40(44)45)32(62)54-23(2)39(69)70/h22-30,71H,4-21,43H2,1-3H3,(H,53,61)(H,54,62)(H,55,64)(H,56,66)(H,57,65)(H,58,63)(H,69,70)(H4,44,45,50)(H4,46,47,51)(H4,48,49,52)/t22-,23-,24-,25-,26-,27-,28-,29-,30-/m0/s1. The monoisotopic (exact) mass is 1060 g/mol. The van der Waals surface area contributed by atoms with Crippen LogP contribution in [0.5, 0.6) is 0 Å². The van der Waals surface area contributed by atoms with Crippen molar-refractivity contribution in [2.45, 2.75) is 139 Å². The van der Waals surface area contributed by atoms with Crippen molar-refractivity contribution in [3.8, 4) is 0 Å². The fourth-order valence-electron chi connectivity index (χ4n) is 7.78. The molecule has 2 aliphatic rings. The number of nitrogens with zero attached hydrogens (tertiary/aromatic N) is 5. The van der Waals surface area contributed by atoms with E-state index in [0.717, 1.165) is 0 Å². The molecule has 0 aromatic rings. The average Bonchev–Trinajstić information content (AvgIpc) is 4.03. The second-order valence-electron chi connectivity index (χ2n) is 17.3. The Morgan fingerprint density at radius 2 is 0.958 bits per heavy atom. The number of carboxylic acid groups (broad SMARTS) is 1. The summed E-state index contributed by atoms with van der Waals surface area (Å²) in [6, 6.07) is -10.4. The number of amides is 8. The highest BCUT2D eigenvalue weighted by molar-refractivity contribution is 7.98. The van der Waals surface area contributed by atoms with Crippen LogP contribution >= 0.6 is 24.4 Å². The van der Waals surface area contributed by atoms with E-state index in [1.807, 2.05) is 6.26 Å². The van der Waals surface area contributed by atoms with Crippen LogP contribution in [-0.2, 0) is 43.2 Å². The van der Waals surface area contributed by atoms with Gasteiger partial charge in [0.25, 0.3) is 0 Å². The van der Waals surface area contributed by atoms with Crippen molar-refractivity contribution in [1.29, 1.82) is 0 Å². The van der Waals surface area contributed by atoms with Gasteiger partial charge in [0.15, 0.2) is 17.9 Å². The Labute approximate surface area is 428 Å². The van der Waals surface area contributed by atoms with Crippen LogP contribution in [0.15, 0.2) is 15.0 Å². The fraction of sp³-hybridized carbons (Fsp3) is 0.714. The first-order valence-electron chi connectivity index (χ1n) is 23.7. The van der Waals surface area contributed by atoms with Crippen LogP contribution in [0, 0.1) is 0 Å². The predicted octanol–water partition coefficient (Wildman–Crippen LogP) is -5.83. The van der Waals surface area contributed by atoms with Crippen molar-refractivity contribution in [2.75, 3.05) is 50.5 Å². The molecule has 0 aromatic carbocycles. The molecule has 0 aliphatic carbocycles. The highest BCUT2D eigenvalue weighted by atomic mass is 32.2. The summed E-state index contributed by atoms with van der Waals surface area (Å²) in [5.74, 6) is -7.01. The summed E-state index contributed by atoms with van der Waals surface area (Å²) in [6.07, 6.45) is 4.43. The summed E-state index contributed by atoms with van der Waals surface area (Å²) in [6.45, 7) is 3.38. The molecule has 2 aliphatic heterocycles. The normalized spacial score (nSPS) is 18.1. The number of nitrogens with one attached hydrogen (secondary N) is 6. The minimum atomic E-state index is -1.37. The highest BCUT2D eigenvalue weighted by Gasteiger charge is 2.40. The second-order valence-corrected chi connectivity index (χ2v) is 18.7. The molecule has 21 N–H and O–H groups in total. The van der Waals surface area contributed by atoms with E-state index in [1.54, 1.807) is 11.8 Å². The van der Waals surface area contributed by atoms with Crippen LogP contribution < -0.4 is 72.0 Å². The quantitative estimate of drug-likeness (QED) is 0.0133. The molecular weight excluding hydrogens is 981 g/mol. The summed E-state index contributed by atoms with van der Waals surface area (Å²) in [5, 5.41) is 24.8. The van der Waals surface area contributed by atoms with Crippen molar-refractivity contribution in [3.63, 3.8) is 0 Å². The zero-order valence-electron chi connectivity index (χ0n) is 41.2. The van der Waals surface area contributed by atoms with Crippen molar-refractivity contribution in [2.24, 2.45) is 55.1 Å². The Kier molecular flexibility index (Phi) is 27.4. The number of aliphatic carboxylic acids is 1. The molecule has 0 bridgehead atoms. The molecule has 0 saturated carbocycles. The van der Waals surface area contributed by atoms with Gasteiger partial charge in [-0.25, -0.2) is 0 Å². The maximum atomic E-state index is 14.0. The van der Waals surface area contributed by atoms with Crippen LogP contribution in [0.1, 0.15) is 84.5 Å². The van der Waals surface area contributed by atoms with E-state index in [2.05, 4.69) is 59.5 Å². The second kappa shape index (κ2) is 31.9. The van der Waals surface area contributed by atoms with Gasteiger partial charge in [0, 0.05) is 38.5 Å². The first-order valence-corrected chi connectivity index (χ1v) is 25.7. The lowest BCUT2D eigenvalue weighted by Gasteiger charge is -2.30. The van der Waals surface area contributed by atoms with Gasteiger partial charge in [0.05, 0.1) is 6.04 Å². The van der Waals surface area contributed by atoms with Gasteiger partial charge in [-0.05, 0) is 96.5 Å². The number of hydrogen-bond donors (Lipinski definition) is 15. The number of nitrogens with two attached hydrogens (primary N) is 7. The molecule has 30 heteroatoms. The van der Waals surface area contributed by atoms with Gasteiger partial charge in [-0.2, -0.15) is 24.4 Å². The van der Waals surface area contributed by atoms with E-state index in [0.29, 0.717) is 38.0 Å². The molecule has 2 rings (SSSR count). The minimum Gasteiger partial charge on any atom is -0.480 e. The summed E-state index contributed by atoms with van der Waals surface area (Å²) in [7, 11) is 0. The third-order valence-electron chi connectivity index (χ3n) is 11.6. The van der Waals surface area contributed by atoms with E-state index in [1.165, 1.54) is 23.6 Å². The third-order valence-corrected chi connectivity index (χ3v) is 12.6. The number of likely N-dealkylation sites (tertiary alicyclic amines) is 2. The fourth-order valence-corrected chi connectivity index (χ4v) is 8.53. The van der Waals surface area contributed by atoms with Gasteiger partial charge in [-0.15, -0.1) is 0 Å². The van der Waals surface area contributed by atoms with Crippen molar-refractivity contribution < 1.29 is 48.3 Å². The molecule has 0 spiro atoms. The lowest BCUT2D eigenvalue weighted by Crippen LogP contribution is -2.60. The van der Waals surface area contributed by atoms with Crippen molar-refractivity contribution >= 4 is 95.5 Å². The Morgan fingerprint density at radius 1 is 0.583 bits per heavy atom. The first kappa shape index (κ1) is 61.8. The van der Waals surface area contributed by atoms with Crippen LogP contribution in [0.4, 0.5) is 0 Å². The minimum absolute atomic E-state index is 0.0225. The van der Waals surface area contributed by atoms with Gasteiger partial charge < -0.3 is 86.9 Å². The summed E-state index contributed by atoms with van der Waals surface area (Å²) in [5.41, 5.74) is 38.8. The van der Waals surface area contributed by atoms with Gasteiger partial charge in [0.1, 0.15) is 48.3 Å². The van der Waals surface area contributed by atoms with Crippen LogP contribution in [-0.4, -0.2) is 191 Å². The van der Waals surface area contributed by atoms with Gasteiger partial charge >= 0.3 is 5.97 Å². The number of carbonyl (C=O) groups excluding carboxylic acids is 8. The van der Waals surface area contributed by atoms with Crippen molar-refractivity contribution in [3.05, 3.63) is 0 Å². The largest absolute Gasteiger partial charge is 0.480 e. The number of aliphatic imine (C=N–C) groups is 3. The molecule has 2 saturated heterocycles. The van der Waals surface area contributed by atoms with Gasteiger partial charge in [0.2, 0.25) is 47.3 Å². The molecule has 0 aromatic heterocycles. The van der Waals surface area contributed by atoms with E-state index < -0.39 is 102 Å². The topological polar surface area (TPSA) is 472 Å². The molecule has 9 atom stereocenters. The summed E-state index contributed by atoms with van der Waals surface area (Å²) < 4.78 is 0. The number of thiol groups is 1. The summed E-state index contributed by atoms with van der Waals surface area (Å²) >= 11 is 5.77. The molecule has 8 amide bonds. The molecular formula is C42H76N18O10S2. The van der Waals surface area contributed by atoms with Crippen LogP contribution in [0.25, 0.3) is 0 Å². The Bertz CT molecular complexity index is 1970. The number of carbonyl (C=O) groups is 9.